The molecule has 128 valence electrons. The summed E-state index contributed by atoms with van der Waals surface area (Å²) >= 11 is 0. The molecule has 0 saturated heterocycles. The van der Waals surface area contributed by atoms with E-state index in [1.165, 1.54) is 6.07 Å². The number of rotatable bonds is 3. The summed E-state index contributed by atoms with van der Waals surface area (Å²) < 4.78 is 23.6. The number of allylic oxidation sites excluding steroid dienone is 3. The second-order valence-corrected chi connectivity index (χ2v) is 8.89. The fraction of sp³-hybridized carbons (Fsp3) is 0.389. The molecule has 2 atom stereocenters. The number of anilines is 1. The molecule has 1 N–H and O–H groups in total. The van der Waals surface area contributed by atoms with Crippen molar-refractivity contribution in [2.24, 2.45) is 11.8 Å². The molecule has 2 aliphatic rings. The van der Waals surface area contributed by atoms with Gasteiger partial charge in [0.05, 0.1) is 10.8 Å². The molecule has 3 rings (SSSR count). The highest BCUT2D eigenvalue weighted by molar-refractivity contribution is 8.13. The minimum Gasteiger partial charge on any atom is -0.325 e. The zero-order valence-electron chi connectivity index (χ0n) is 13.5. The molecule has 2 unspecified atom stereocenters. The van der Waals surface area contributed by atoms with Crippen LogP contribution in [0.3, 0.4) is 0 Å². The average molecular weight is 366 g/mol. The van der Waals surface area contributed by atoms with Crippen LogP contribution in [0.1, 0.15) is 30.9 Å². The molecule has 0 aliphatic heterocycles. The monoisotopic (exact) mass is 365 g/mol. The summed E-state index contributed by atoms with van der Waals surface area (Å²) in [7, 11) is 1.78. The van der Waals surface area contributed by atoms with Crippen LogP contribution in [0.4, 0.5) is 5.69 Å². The highest BCUT2D eigenvalue weighted by Gasteiger charge is 2.26. The Hall–Kier alpha value is -1.59. The van der Waals surface area contributed by atoms with Gasteiger partial charge in [-0.05, 0) is 54.9 Å². The van der Waals surface area contributed by atoms with Gasteiger partial charge in [0.25, 0.3) is 9.05 Å². The number of fused-ring (bicyclic) bond motifs is 1. The van der Waals surface area contributed by atoms with Crippen LogP contribution in [0.2, 0.25) is 0 Å². The van der Waals surface area contributed by atoms with Crippen LogP contribution in [0.25, 0.3) is 0 Å². The first-order valence-electron chi connectivity index (χ1n) is 8.13. The summed E-state index contributed by atoms with van der Waals surface area (Å²) in [6.45, 7) is 2.00. The molecule has 1 amide bonds. The van der Waals surface area contributed by atoms with E-state index in [9.17, 15) is 13.2 Å². The average Bonchev–Trinajstić information content (AvgIpc) is 2.54. The van der Waals surface area contributed by atoms with E-state index in [0.29, 0.717) is 12.1 Å². The van der Waals surface area contributed by atoms with Gasteiger partial charge in [0.15, 0.2) is 0 Å². The van der Waals surface area contributed by atoms with Crippen molar-refractivity contribution < 1.29 is 13.2 Å². The molecule has 0 radical (unpaired) electrons. The Morgan fingerprint density at radius 1 is 1.12 bits per heavy atom. The van der Waals surface area contributed by atoms with Crippen LogP contribution in [0.15, 0.2) is 41.3 Å². The number of halogens is 1. The van der Waals surface area contributed by atoms with E-state index in [0.717, 1.165) is 30.4 Å². The van der Waals surface area contributed by atoms with Crippen molar-refractivity contribution in [3.8, 4) is 0 Å². The Balaban J connectivity index is 1.93. The minimum atomic E-state index is -3.78. The van der Waals surface area contributed by atoms with Crippen molar-refractivity contribution in [1.29, 1.82) is 0 Å². The van der Waals surface area contributed by atoms with Crippen molar-refractivity contribution in [3.05, 3.63) is 47.6 Å². The lowest BCUT2D eigenvalue weighted by molar-refractivity contribution is -0.119. The van der Waals surface area contributed by atoms with Gasteiger partial charge in [0.2, 0.25) is 5.91 Å². The SMILES string of the molecule is CC1C=CC=CC1C(=O)Nc1ccc(S(=O)(=O)Cl)c2c1CCCC2. The van der Waals surface area contributed by atoms with E-state index in [-0.39, 0.29) is 22.6 Å². The minimum absolute atomic E-state index is 0.0719. The normalized spacial score (nSPS) is 22.9. The van der Waals surface area contributed by atoms with E-state index in [1.54, 1.807) is 6.07 Å². The first-order valence-corrected chi connectivity index (χ1v) is 10.4. The van der Waals surface area contributed by atoms with E-state index in [1.807, 2.05) is 31.2 Å². The van der Waals surface area contributed by atoms with Crippen molar-refractivity contribution in [1.82, 2.24) is 0 Å². The fourth-order valence-corrected chi connectivity index (χ4v) is 4.62. The maximum atomic E-state index is 12.6. The number of amides is 1. The predicted molar refractivity (Wildman–Crippen MR) is 95.7 cm³/mol. The molecule has 1 aromatic carbocycles. The van der Waals surface area contributed by atoms with Crippen LogP contribution in [0.5, 0.6) is 0 Å². The quantitative estimate of drug-likeness (QED) is 0.828. The Labute approximate surface area is 147 Å². The van der Waals surface area contributed by atoms with E-state index in [2.05, 4.69) is 5.32 Å². The summed E-state index contributed by atoms with van der Waals surface area (Å²) in [6.07, 6.45) is 11.0. The summed E-state index contributed by atoms with van der Waals surface area (Å²) in [4.78, 5) is 12.8. The lowest BCUT2D eigenvalue weighted by Gasteiger charge is -2.24. The summed E-state index contributed by atoms with van der Waals surface area (Å²) in [5.41, 5.74) is 2.36. The molecule has 24 heavy (non-hydrogen) atoms. The van der Waals surface area contributed by atoms with Crippen LogP contribution < -0.4 is 5.32 Å². The second-order valence-electron chi connectivity index (χ2n) is 6.36. The fourth-order valence-electron chi connectivity index (χ4n) is 3.44. The van der Waals surface area contributed by atoms with Crippen molar-refractivity contribution in [2.45, 2.75) is 37.5 Å². The van der Waals surface area contributed by atoms with Gasteiger partial charge in [-0.15, -0.1) is 0 Å². The van der Waals surface area contributed by atoms with Gasteiger partial charge in [0, 0.05) is 16.4 Å². The van der Waals surface area contributed by atoms with Crippen molar-refractivity contribution in [2.75, 3.05) is 5.32 Å². The Morgan fingerprint density at radius 3 is 2.46 bits per heavy atom. The number of benzene rings is 1. The zero-order valence-corrected chi connectivity index (χ0v) is 15.0. The Kier molecular flexibility index (Phi) is 4.83. The molecule has 0 spiro atoms. The number of hydrogen-bond donors (Lipinski definition) is 1. The third-order valence-electron chi connectivity index (χ3n) is 4.73. The molecule has 2 aliphatic carbocycles. The van der Waals surface area contributed by atoms with E-state index < -0.39 is 9.05 Å². The van der Waals surface area contributed by atoms with Crippen LogP contribution in [-0.4, -0.2) is 14.3 Å². The van der Waals surface area contributed by atoms with Crippen molar-refractivity contribution >= 4 is 31.3 Å². The van der Waals surface area contributed by atoms with Crippen molar-refractivity contribution in [3.63, 3.8) is 0 Å². The van der Waals surface area contributed by atoms with E-state index in [4.69, 9.17) is 10.7 Å². The summed E-state index contributed by atoms with van der Waals surface area (Å²) in [6, 6.07) is 3.16. The van der Waals surface area contributed by atoms with Crippen LogP contribution in [0, 0.1) is 11.8 Å². The lowest BCUT2D eigenvalue weighted by Crippen LogP contribution is -2.27. The van der Waals surface area contributed by atoms with Crippen LogP contribution >= 0.6 is 10.7 Å². The number of nitrogens with one attached hydrogen (secondary N) is 1. The maximum Gasteiger partial charge on any atom is 0.261 e. The van der Waals surface area contributed by atoms with E-state index >= 15 is 0 Å². The highest BCUT2D eigenvalue weighted by atomic mass is 35.7. The van der Waals surface area contributed by atoms with Gasteiger partial charge in [-0.1, -0.05) is 31.2 Å². The first kappa shape index (κ1) is 17.2. The molecule has 0 aromatic heterocycles. The molecule has 0 bridgehead atoms. The standard InChI is InChI=1S/C18H20ClNO3S/c1-12-6-2-3-7-13(12)18(21)20-16-10-11-17(24(19,22)23)15-9-5-4-8-14(15)16/h2-3,6-7,10-13H,4-5,8-9H2,1H3,(H,20,21). The third kappa shape index (κ3) is 3.42. The number of carbonyl (C=O) groups excluding carboxylic acids is 1. The smallest absolute Gasteiger partial charge is 0.261 e. The largest absolute Gasteiger partial charge is 0.325 e. The van der Waals surface area contributed by atoms with Gasteiger partial charge in [0.1, 0.15) is 0 Å². The topological polar surface area (TPSA) is 63.2 Å². The lowest BCUT2D eigenvalue weighted by atomic mass is 9.88. The zero-order chi connectivity index (χ0) is 17.3. The number of hydrogen-bond acceptors (Lipinski definition) is 3. The van der Waals surface area contributed by atoms with Gasteiger partial charge in [-0.3, -0.25) is 4.79 Å². The molecular formula is C18H20ClNO3S. The molecule has 4 nitrogen and oxygen atoms in total. The molecule has 0 heterocycles. The summed E-state index contributed by atoms with van der Waals surface area (Å²) in [5.74, 6) is -0.156. The third-order valence-corrected chi connectivity index (χ3v) is 6.13. The van der Waals surface area contributed by atoms with Gasteiger partial charge in [-0.2, -0.15) is 0 Å². The maximum absolute atomic E-state index is 12.6. The Morgan fingerprint density at radius 2 is 1.79 bits per heavy atom. The second kappa shape index (κ2) is 6.73. The van der Waals surface area contributed by atoms with Gasteiger partial charge < -0.3 is 5.32 Å². The molecular weight excluding hydrogens is 346 g/mol. The first-order chi connectivity index (χ1) is 11.4. The van der Waals surface area contributed by atoms with Gasteiger partial charge in [-0.25, -0.2) is 8.42 Å². The predicted octanol–water partition coefficient (Wildman–Crippen LogP) is 3.81. The van der Waals surface area contributed by atoms with Crippen LogP contribution in [-0.2, 0) is 26.7 Å². The molecule has 0 fully saturated rings. The number of carbonyl (C=O) groups is 1. The molecule has 0 saturated carbocycles. The Bertz CT molecular complexity index is 827. The van der Waals surface area contributed by atoms with Gasteiger partial charge >= 0.3 is 0 Å². The summed E-state index contributed by atoms with van der Waals surface area (Å²) in [5, 5.41) is 2.99. The highest BCUT2D eigenvalue weighted by Crippen LogP contribution is 2.35. The molecule has 1 aromatic rings. The molecule has 6 heteroatoms.